The Labute approximate surface area is 125 Å². The number of alkyl halides is 3. The summed E-state index contributed by atoms with van der Waals surface area (Å²) in [6, 6.07) is 4.50. The molecule has 0 aromatic heterocycles. The molecule has 1 aromatic carbocycles. The van der Waals surface area contributed by atoms with Crippen LogP contribution in [0, 0.1) is 0 Å². The molecule has 5 nitrogen and oxygen atoms in total. The summed E-state index contributed by atoms with van der Waals surface area (Å²) in [5, 5.41) is 15.0. The summed E-state index contributed by atoms with van der Waals surface area (Å²) in [6.45, 7) is 2.10. The molecule has 2 rings (SSSR count). The second kappa shape index (κ2) is 6.53. The van der Waals surface area contributed by atoms with Gasteiger partial charge in [-0.3, -0.25) is 4.79 Å². The summed E-state index contributed by atoms with van der Waals surface area (Å²) in [5.41, 5.74) is 0.654. The predicted octanol–water partition coefficient (Wildman–Crippen LogP) is 1.49. The first-order valence-electron chi connectivity index (χ1n) is 6.82. The Kier molecular flexibility index (Phi) is 4.92. The molecule has 1 aliphatic rings. The predicted molar refractivity (Wildman–Crippen MR) is 72.1 cm³/mol. The third kappa shape index (κ3) is 4.60. The lowest BCUT2D eigenvalue weighted by Gasteiger charge is -2.18. The van der Waals surface area contributed by atoms with E-state index in [2.05, 4.69) is 15.4 Å². The quantitative estimate of drug-likeness (QED) is 0.786. The number of halogens is 3. The minimum atomic E-state index is -4.73. The monoisotopic (exact) mass is 318 g/mol. The highest BCUT2D eigenvalue weighted by molar-refractivity contribution is 5.82. The van der Waals surface area contributed by atoms with Crippen LogP contribution in [0.2, 0.25) is 0 Å². The summed E-state index contributed by atoms with van der Waals surface area (Å²) < 4.78 is 40.0. The van der Waals surface area contributed by atoms with E-state index in [1.54, 1.807) is 6.92 Å². The number of carbonyl (C=O) groups is 1. The van der Waals surface area contributed by atoms with Crippen molar-refractivity contribution in [2.24, 2.45) is 0 Å². The van der Waals surface area contributed by atoms with Crippen molar-refractivity contribution >= 4 is 5.91 Å². The molecule has 3 unspecified atom stereocenters. The van der Waals surface area contributed by atoms with Gasteiger partial charge >= 0.3 is 6.36 Å². The molecule has 0 radical (unpaired) electrons. The maximum Gasteiger partial charge on any atom is 0.573 e. The molecule has 0 spiro atoms. The molecule has 0 aliphatic carbocycles. The molecule has 8 heteroatoms. The summed E-state index contributed by atoms with van der Waals surface area (Å²) >= 11 is 0. The SMILES string of the molecule is CC(NC(=O)C1CC(O)CN1)c1ccc(OC(F)(F)F)cc1. The lowest BCUT2D eigenvalue weighted by atomic mass is 10.1. The first-order valence-corrected chi connectivity index (χ1v) is 6.82. The zero-order valence-corrected chi connectivity index (χ0v) is 11.9. The number of carbonyl (C=O) groups excluding carboxylic acids is 1. The maximum absolute atomic E-state index is 12.1. The van der Waals surface area contributed by atoms with Crippen molar-refractivity contribution in [3.05, 3.63) is 29.8 Å². The van der Waals surface area contributed by atoms with Crippen LogP contribution in [-0.2, 0) is 4.79 Å². The van der Waals surface area contributed by atoms with E-state index in [1.165, 1.54) is 24.3 Å². The smallest absolute Gasteiger partial charge is 0.406 e. The number of aliphatic hydroxyl groups is 1. The van der Waals surface area contributed by atoms with Crippen LogP contribution in [0.15, 0.2) is 24.3 Å². The highest BCUT2D eigenvalue weighted by Gasteiger charge is 2.31. The van der Waals surface area contributed by atoms with Crippen molar-refractivity contribution in [3.8, 4) is 5.75 Å². The number of benzene rings is 1. The zero-order valence-electron chi connectivity index (χ0n) is 11.9. The van der Waals surface area contributed by atoms with Gasteiger partial charge < -0.3 is 20.5 Å². The molecule has 0 saturated carbocycles. The second-order valence-electron chi connectivity index (χ2n) is 5.20. The molecule has 3 atom stereocenters. The normalized spacial score (nSPS) is 23.1. The number of aliphatic hydroxyl groups excluding tert-OH is 1. The number of hydrogen-bond acceptors (Lipinski definition) is 4. The number of amides is 1. The third-order valence-electron chi connectivity index (χ3n) is 3.40. The lowest BCUT2D eigenvalue weighted by Crippen LogP contribution is -2.41. The molecule has 122 valence electrons. The zero-order chi connectivity index (χ0) is 16.3. The maximum atomic E-state index is 12.1. The van der Waals surface area contributed by atoms with Crippen LogP contribution < -0.4 is 15.4 Å². The van der Waals surface area contributed by atoms with Gasteiger partial charge in [-0.1, -0.05) is 12.1 Å². The lowest BCUT2D eigenvalue weighted by molar-refractivity contribution is -0.274. The van der Waals surface area contributed by atoms with E-state index in [4.69, 9.17) is 0 Å². The van der Waals surface area contributed by atoms with E-state index in [0.717, 1.165) is 0 Å². The van der Waals surface area contributed by atoms with E-state index in [-0.39, 0.29) is 17.7 Å². The van der Waals surface area contributed by atoms with Gasteiger partial charge in [0.1, 0.15) is 5.75 Å². The average Bonchev–Trinajstić information content (AvgIpc) is 2.84. The van der Waals surface area contributed by atoms with Crippen LogP contribution in [0.25, 0.3) is 0 Å². The minimum absolute atomic E-state index is 0.250. The van der Waals surface area contributed by atoms with Crippen molar-refractivity contribution in [1.29, 1.82) is 0 Å². The fourth-order valence-corrected chi connectivity index (χ4v) is 2.27. The van der Waals surface area contributed by atoms with E-state index in [9.17, 15) is 23.1 Å². The Bertz CT molecular complexity index is 519. The second-order valence-corrected chi connectivity index (χ2v) is 5.20. The van der Waals surface area contributed by atoms with Crippen molar-refractivity contribution in [3.63, 3.8) is 0 Å². The Morgan fingerprint density at radius 2 is 2.05 bits per heavy atom. The summed E-state index contributed by atoms with van der Waals surface area (Å²) in [5.74, 6) is -0.560. The number of ether oxygens (including phenoxy) is 1. The Balaban J connectivity index is 1.92. The van der Waals surface area contributed by atoms with Gasteiger partial charge in [-0.15, -0.1) is 13.2 Å². The number of β-amino-alcohol motifs (C(OH)–C–C–N with tert-alkyl or cyclic N) is 1. The van der Waals surface area contributed by atoms with Crippen LogP contribution >= 0.6 is 0 Å². The third-order valence-corrected chi connectivity index (χ3v) is 3.40. The van der Waals surface area contributed by atoms with Crippen LogP contribution in [0.5, 0.6) is 5.75 Å². The van der Waals surface area contributed by atoms with Crippen LogP contribution in [0.3, 0.4) is 0 Å². The first-order chi connectivity index (χ1) is 10.2. The number of rotatable bonds is 4. The molecule has 0 bridgehead atoms. The molecule has 1 amide bonds. The van der Waals surface area contributed by atoms with Gasteiger partial charge in [0.2, 0.25) is 5.91 Å². The Morgan fingerprint density at radius 3 is 2.55 bits per heavy atom. The standard InChI is InChI=1S/C14H17F3N2O3/c1-8(19-13(21)12-6-10(20)7-18-12)9-2-4-11(5-3-9)22-14(15,16)17/h2-5,8,10,12,18,20H,6-7H2,1H3,(H,19,21). The molecular formula is C14H17F3N2O3. The van der Waals surface area contributed by atoms with Gasteiger partial charge in [-0.05, 0) is 31.0 Å². The molecular weight excluding hydrogens is 301 g/mol. The van der Waals surface area contributed by atoms with Crippen molar-refractivity contribution in [2.45, 2.75) is 37.9 Å². The number of hydrogen-bond donors (Lipinski definition) is 3. The fraction of sp³-hybridized carbons (Fsp3) is 0.500. The molecule has 22 heavy (non-hydrogen) atoms. The van der Waals surface area contributed by atoms with E-state index >= 15 is 0 Å². The minimum Gasteiger partial charge on any atom is -0.406 e. The topological polar surface area (TPSA) is 70.6 Å². The molecule has 1 aliphatic heterocycles. The van der Waals surface area contributed by atoms with E-state index in [0.29, 0.717) is 18.5 Å². The summed E-state index contributed by atoms with van der Waals surface area (Å²) in [6.07, 6.45) is -4.92. The van der Waals surface area contributed by atoms with E-state index in [1.807, 2.05) is 0 Å². The van der Waals surface area contributed by atoms with Gasteiger partial charge in [0, 0.05) is 6.54 Å². The van der Waals surface area contributed by atoms with Crippen LogP contribution in [0.1, 0.15) is 24.9 Å². The van der Waals surface area contributed by atoms with Gasteiger partial charge in [-0.2, -0.15) is 0 Å². The molecule has 1 fully saturated rings. The fourth-order valence-electron chi connectivity index (χ4n) is 2.27. The van der Waals surface area contributed by atoms with Crippen molar-refractivity contribution in [1.82, 2.24) is 10.6 Å². The van der Waals surface area contributed by atoms with Gasteiger partial charge in [0.05, 0.1) is 18.2 Å². The summed E-state index contributed by atoms with van der Waals surface area (Å²) in [4.78, 5) is 12.0. The molecule has 1 aromatic rings. The van der Waals surface area contributed by atoms with Gasteiger partial charge in [0.25, 0.3) is 0 Å². The van der Waals surface area contributed by atoms with E-state index < -0.39 is 18.5 Å². The van der Waals surface area contributed by atoms with Crippen molar-refractivity contribution < 1.29 is 27.8 Å². The largest absolute Gasteiger partial charge is 0.573 e. The highest BCUT2D eigenvalue weighted by Crippen LogP contribution is 2.24. The number of nitrogens with one attached hydrogen (secondary N) is 2. The van der Waals surface area contributed by atoms with Crippen LogP contribution in [0.4, 0.5) is 13.2 Å². The Hall–Kier alpha value is -1.80. The molecule has 1 saturated heterocycles. The average molecular weight is 318 g/mol. The molecule has 1 heterocycles. The van der Waals surface area contributed by atoms with Crippen LogP contribution in [-0.4, -0.2) is 36.1 Å². The summed E-state index contributed by atoms with van der Waals surface area (Å²) in [7, 11) is 0. The van der Waals surface area contributed by atoms with Gasteiger partial charge in [-0.25, -0.2) is 0 Å². The highest BCUT2D eigenvalue weighted by atomic mass is 19.4. The van der Waals surface area contributed by atoms with Crippen molar-refractivity contribution in [2.75, 3.05) is 6.54 Å². The Morgan fingerprint density at radius 1 is 1.41 bits per heavy atom. The van der Waals surface area contributed by atoms with Gasteiger partial charge in [0.15, 0.2) is 0 Å². The molecule has 3 N–H and O–H groups in total. The first kappa shape index (κ1) is 16.6.